The van der Waals surface area contributed by atoms with E-state index in [1.54, 1.807) is 6.07 Å². The molecule has 4 nitrogen and oxygen atoms in total. The lowest BCUT2D eigenvalue weighted by atomic mass is 10.1. The van der Waals surface area contributed by atoms with Crippen molar-refractivity contribution in [3.63, 3.8) is 0 Å². The number of nitrogens with zero attached hydrogens (tertiary/aromatic N) is 2. The first-order chi connectivity index (χ1) is 17.6. The Morgan fingerprint density at radius 3 is 1.78 bits per heavy atom. The second-order valence-corrected chi connectivity index (χ2v) is 9.51. The van der Waals surface area contributed by atoms with Gasteiger partial charge in [-0.3, -0.25) is 18.7 Å². The molecule has 0 aliphatic carbocycles. The van der Waals surface area contributed by atoms with E-state index in [9.17, 15) is 9.59 Å². The SMILES string of the molecule is Cc1ccccc1C(=O)Sc1c(-c2ccccc2)c(=O)n(-c2ccccc2)c(=S)n1-c1ccccc1. The van der Waals surface area contributed by atoms with Crippen LogP contribution in [0.3, 0.4) is 0 Å². The molecule has 0 aliphatic heterocycles. The molecule has 0 amide bonds. The fourth-order valence-electron chi connectivity index (χ4n) is 4.09. The van der Waals surface area contributed by atoms with Gasteiger partial charge in [-0.05, 0) is 66.3 Å². The predicted molar refractivity (Wildman–Crippen MR) is 149 cm³/mol. The minimum atomic E-state index is -0.273. The van der Waals surface area contributed by atoms with Gasteiger partial charge in [-0.1, -0.05) is 91.0 Å². The molecule has 176 valence electrons. The van der Waals surface area contributed by atoms with Crippen molar-refractivity contribution in [2.75, 3.05) is 0 Å². The summed E-state index contributed by atoms with van der Waals surface area (Å²) < 4.78 is 3.65. The van der Waals surface area contributed by atoms with E-state index in [1.807, 2.05) is 121 Å². The van der Waals surface area contributed by atoms with Crippen LogP contribution in [-0.4, -0.2) is 14.2 Å². The van der Waals surface area contributed by atoms with E-state index in [0.29, 0.717) is 27.4 Å². The van der Waals surface area contributed by atoms with Crippen molar-refractivity contribution in [1.29, 1.82) is 0 Å². The minimum absolute atomic E-state index is 0.152. The fourth-order valence-corrected chi connectivity index (χ4v) is 5.64. The molecule has 6 heteroatoms. The number of carbonyl (C=O) groups is 1. The van der Waals surface area contributed by atoms with Crippen LogP contribution < -0.4 is 5.56 Å². The van der Waals surface area contributed by atoms with E-state index >= 15 is 0 Å². The summed E-state index contributed by atoms with van der Waals surface area (Å²) in [5.41, 5.74) is 3.76. The number of hydrogen-bond acceptors (Lipinski definition) is 4. The summed E-state index contributed by atoms with van der Waals surface area (Å²) in [6.07, 6.45) is 0. The number of aromatic nitrogens is 2. The lowest BCUT2D eigenvalue weighted by Crippen LogP contribution is -2.27. The lowest BCUT2D eigenvalue weighted by molar-refractivity contribution is 0.108. The monoisotopic (exact) mass is 506 g/mol. The van der Waals surface area contributed by atoms with Crippen LogP contribution in [0.25, 0.3) is 22.5 Å². The molecule has 0 spiro atoms. The zero-order chi connectivity index (χ0) is 25.1. The molecule has 0 radical (unpaired) electrons. The molecule has 0 fully saturated rings. The fraction of sp³-hybridized carbons (Fsp3) is 0.0333. The third-order valence-corrected chi connectivity index (χ3v) is 7.21. The summed E-state index contributed by atoms with van der Waals surface area (Å²) in [4.78, 5) is 27.7. The van der Waals surface area contributed by atoms with Crippen LogP contribution in [0.4, 0.5) is 0 Å². The van der Waals surface area contributed by atoms with Gasteiger partial charge in [0, 0.05) is 11.3 Å². The minimum Gasteiger partial charge on any atom is -0.281 e. The molecule has 5 rings (SSSR count). The molecule has 0 bridgehead atoms. The number of aryl methyl sites for hydroxylation is 1. The van der Waals surface area contributed by atoms with Gasteiger partial charge in [-0.25, -0.2) is 0 Å². The smallest absolute Gasteiger partial charge is 0.267 e. The Balaban J connectivity index is 1.87. The van der Waals surface area contributed by atoms with Crippen molar-refractivity contribution < 1.29 is 4.79 Å². The Morgan fingerprint density at radius 1 is 0.694 bits per heavy atom. The molecule has 0 saturated heterocycles. The highest BCUT2D eigenvalue weighted by molar-refractivity contribution is 8.14. The van der Waals surface area contributed by atoms with Crippen molar-refractivity contribution in [3.8, 4) is 22.5 Å². The van der Waals surface area contributed by atoms with Gasteiger partial charge in [0.2, 0.25) is 5.12 Å². The van der Waals surface area contributed by atoms with E-state index in [0.717, 1.165) is 23.0 Å². The zero-order valence-corrected chi connectivity index (χ0v) is 21.1. The average Bonchev–Trinajstić information content (AvgIpc) is 2.91. The summed E-state index contributed by atoms with van der Waals surface area (Å²) in [6, 6.07) is 35.8. The Labute approximate surface area is 218 Å². The second-order valence-electron chi connectivity index (χ2n) is 8.18. The number of benzene rings is 4. The number of para-hydroxylation sites is 2. The molecule has 5 aromatic rings. The van der Waals surface area contributed by atoms with Gasteiger partial charge in [0.15, 0.2) is 4.77 Å². The van der Waals surface area contributed by atoms with Crippen molar-refractivity contribution in [1.82, 2.24) is 9.13 Å². The molecule has 0 unspecified atom stereocenters. The van der Waals surface area contributed by atoms with Crippen LogP contribution in [0.2, 0.25) is 0 Å². The average molecular weight is 507 g/mol. The van der Waals surface area contributed by atoms with Gasteiger partial charge in [-0.15, -0.1) is 0 Å². The van der Waals surface area contributed by atoms with Crippen molar-refractivity contribution >= 4 is 29.1 Å². The molecule has 1 heterocycles. The first-order valence-corrected chi connectivity index (χ1v) is 12.6. The Bertz CT molecular complexity index is 1580. The molecule has 0 saturated carbocycles. The van der Waals surface area contributed by atoms with Crippen molar-refractivity contribution in [2.45, 2.75) is 11.9 Å². The third kappa shape index (κ3) is 4.49. The van der Waals surface area contributed by atoms with E-state index < -0.39 is 0 Å². The van der Waals surface area contributed by atoms with Crippen LogP contribution in [-0.2, 0) is 0 Å². The highest BCUT2D eigenvalue weighted by Gasteiger charge is 2.24. The van der Waals surface area contributed by atoms with Crippen LogP contribution in [0, 0.1) is 11.7 Å². The van der Waals surface area contributed by atoms with E-state index in [4.69, 9.17) is 12.2 Å². The number of hydrogen-bond donors (Lipinski definition) is 0. The molecule has 1 aromatic heterocycles. The highest BCUT2D eigenvalue weighted by atomic mass is 32.2. The first kappa shape index (κ1) is 23.7. The Morgan fingerprint density at radius 2 is 1.19 bits per heavy atom. The topological polar surface area (TPSA) is 44.0 Å². The van der Waals surface area contributed by atoms with Gasteiger partial charge in [0.1, 0.15) is 5.03 Å². The number of carbonyl (C=O) groups excluding carboxylic acids is 1. The molecule has 0 atom stereocenters. The van der Waals surface area contributed by atoms with Gasteiger partial charge in [0.25, 0.3) is 5.56 Å². The van der Waals surface area contributed by atoms with Gasteiger partial charge < -0.3 is 0 Å². The number of thioether (sulfide) groups is 1. The maximum absolute atomic E-state index is 14.1. The van der Waals surface area contributed by atoms with E-state index in [1.165, 1.54) is 4.57 Å². The van der Waals surface area contributed by atoms with Crippen LogP contribution >= 0.6 is 24.0 Å². The van der Waals surface area contributed by atoms with Crippen LogP contribution in [0.15, 0.2) is 125 Å². The Hall–Kier alpha value is -4.00. The molecule has 4 aromatic carbocycles. The van der Waals surface area contributed by atoms with E-state index in [2.05, 4.69) is 0 Å². The zero-order valence-electron chi connectivity index (χ0n) is 19.5. The molecular formula is C30H22N2O2S2. The number of rotatable bonds is 5. The normalized spacial score (nSPS) is 10.8. The van der Waals surface area contributed by atoms with Crippen molar-refractivity contribution in [3.05, 3.63) is 142 Å². The van der Waals surface area contributed by atoms with Gasteiger partial charge in [0.05, 0.1) is 11.3 Å². The summed E-state index contributed by atoms with van der Waals surface area (Å²) in [5, 5.41) is 0.337. The quantitative estimate of drug-likeness (QED) is 0.143. The molecule has 36 heavy (non-hydrogen) atoms. The van der Waals surface area contributed by atoms with Crippen LogP contribution in [0.5, 0.6) is 0 Å². The second kappa shape index (κ2) is 10.3. The standard InChI is InChI=1S/C30H22N2O2S2/c1-21-13-11-12-20-25(21)29(34)36-28-26(22-14-5-2-6-15-22)27(33)31(23-16-7-3-8-17-23)30(35)32(28)24-18-9-4-10-19-24/h2-20H,1H3. The summed E-state index contributed by atoms with van der Waals surface area (Å²) in [6.45, 7) is 1.91. The largest absolute Gasteiger partial charge is 0.281 e. The van der Waals surface area contributed by atoms with Gasteiger partial charge >= 0.3 is 0 Å². The maximum atomic E-state index is 14.1. The van der Waals surface area contributed by atoms with Gasteiger partial charge in [-0.2, -0.15) is 0 Å². The molecule has 0 aliphatic rings. The summed E-state index contributed by atoms with van der Waals surface area (Å²) in [5.74, 6) is 0. The highest BCUT2D eigenvalue weighted by Crippen LogP contribution is 2.34. The first-order valence-electron chi connectivity index (χ1n) is 11.4. The Kier molecular flexibility index (Phi) is 6.80. The third-order valence-electron chi connectivity index (χ3n) is 5.86. The van der Waals surface area contributed by atoms with Crippen molar-refractivity contribution in [2.24, 2.45) is 0 Å². The predicted octanol–water partition coefficient (Wildman–Crippen LogP) is 7.27. The lowest BCUT2D eigenvalue weighted by Gasteiger charge is -2.21. The van der Waals surface area contributed by atoms with Crippen LogP contribution in [0.1, 0.15) is 15.9 Å². The van der Waals surface area contributed by atoms with E-state index in [-0.39, 0.29) is 15.4 Å². The molecular weight excluding hydrogens is 484 g/mol. The molecule has 0 N–H and O–H groups in total. The maximum Gasteiger partial charge on any atom is 0.267 e. The summed E-state index contributed by atoms with van der Waals surface area (Å²) >= 11 is 6.97. The summed E-state index contributed by atoms with van der Waals surface area (Å²) in [7, 11) is 0.